The molecule has 55 heavy (non-hydrogen) atoms. The van der Waals surface area contributed by atoms with Crippen molar-refractivity contribution in [2.75, 3.05) is 0 Å². The first kappa shape index (κ1) is 32.3. The first-order valence-corrected chi connectivity index (χ1v) is 18.6. The van der Waals surface area contributed by atoms with Crippen LogP contribution in [0.2, 0.25) is 0 Å². The molecule has 3 heteroatoms. The molecule has 0 N–H and O–H groups in total. The van der Waals surface area contributed by atoms with E-state index in [-0.39, 0.29) is 0 Å². The molecule has 10 rings (SSSR count). The second-order valence-corrected chi connectivity index (χ2v) is 13.8. The van der Waals surface area contributed by atoms with Crippen LogP contribution in [-0.2, 0) is 0 Å². The fourth-order valence-electron chi connectivity index (χ4n) is 7.56. The van der Waals surface area contributed by atoms with E-state index in [1.807, 2.05) is 42.5 Å². The molecule has 0 aliphatic rings. The molecule has 3 nitrogen and oxygen atoms in total. The monoisotopic (exact) mass is 702 g/mol. The van der Waals surface area contributed by atoms with Gasteiger partial charge in [0, 0.05) is 16.7 Å². The maximum absolute atomic E-state index is 6.26. The molecule has 0 saturated heterocycles. The van der Waals surface area contributed by atoms with Crippen molar-refractivity contribution in [2.45, 2.75) is 0 Å². The molecule has 0 amide bonds. The Morgan fingerprint density at radius 3 is 1.69 bits per heavy atom. The Bertz CT molecular complexity index is 2910. The molecule has 0 radical (unpaired) electrons. The Kier molecular flexibility index (Phi) is 8.16. The van der Waals surface area contributed by atoms with Crippen LogP contribution in [0, 0.1) is 0 Å². The molecule has 0 aliphatic carbocycles. The van der Waals surface area contributed by atoms with E-state index >= 15 is 0 Å². The van der Waals surface area contributed by atoms with Crippen LogP contribution in [-0.4, -0.2) is 9.97 Å². The van der Waals surface area contributed by atoms with Gasteiger partial charge < -0.3 is 4.42 Å². The standard InChI is InChI=1S/C52H34N2O/c1-4-14-35(15-5-1)44-32-48(37-17-6-2-7-18-37)53-49(33-44)42-23-13-22-41(31-42)46-28-26-36-16-10-11-25-45(36)51(46)43-24-12-21-39(30-43)40-27-29-47-50(34-40)55-52(54-47)38-19-8-3-9-20-38/h1-34H. The average molecular weight is 703 g/mol. The quantitative estimate of drug-likeness (QED) is 0.166. The highest BCUT2D eigenvalue weighted by Gasteiger charge is 2.16. The normalized spacial score (nSPS) is 11.3. The summed E-state index contributed by atoms with van der Waals surface area (Å²) < 4.78 is 6.26. The van der Waals surface area contributed by atoms with E-state index in [1.54, 1.807) is 0 Å². The lowest BCUT2D eigenvalue weighted by molar-refractivity contribution is 0.620. The summed E-state index contributed by atoms with van der Waals surface area (Å²) in [4.78, 5) is 10.00. The summed E-state index contributed by atoms with van der Waals surface area (Å²) in [6.45, 7) is 0. The molecule has 8 aromatic carbocycles. The largest absolute Gasteiger partial charge is 0.436 e. The van der Waals surface area contributed by atoms with Crippen LogP contribution in [0.5, 0.6) is 0 Å². The van der Waals surface area contributed by atoms with Gasteiger partial charge in [-0.3, -0.25) is 0 Å². The van der Waals surface area contributed by atoms with Crippen LogP contribution in [0.4, 0.5) is 0 Å². The van der Waals surface area contributed by atoms with Crippen molar-refractivity contribution in [3.63, 3.8) is 0 Å². The van der Waals surface area contributed by atoms with E-state index in [1.165, 1.54) is 21.9 Å². The fourth-order valence-corrected chi connectivity index (χ4v) is 7.56. The number of pyridine rings is 1. The average Bonchev–Trinajstić information content (AvgIpc) is 3.71. The molecule has 0 fully saturated rings. The van der Waals surface area contributed by atoms with Gasteiger partial charge in [0.25, 0.3) is 0 Å². The number of hydrogen-bond donors (Lipinski definition) is 0. The van der Waals surface area contributed by atoms with Crippen molar-refractivity contribution in [1.29, 1.82) is 0 Å². The Hall–Kier alpha value is -7.36. The van der Waals surface area contributed by atoms with Gasteiger partial charge in [-0.25, -0.2) is 9.97 Å². The number of nitrogens with zero attached hydrogens (tertiary/aromatic N) is 2. The van der Waals surface area contributed by atoms with Crippen LogP contribution in [0.25, 0.3) is 100 Å². The zero-order valence-electron chi connectivity index (χ0n) is 29.9. The minimum atomic E-state index is 0.627. The second kappa shape index (κ2) is 13.9. The Morgan fingerprint density at radius 1 is 0.327 bits per heavy atom. The second-order valence-electron chi connectivity index (χ2n) is 13.8. The zero-order chi connectivity index (χ0) is 36.6. The van der Waals surface area contributed by atoms with E-state index in [0.717, 1.165) is 72.6 Å². The zero-order valence-corrected chi connectivity index (χ0v) is 29.9. The van der Waals surface area contributed by atoms with Gasteiger partial charge in [0.1, 0.15) is 5.52 Å². The van der Waals surface area contributed by atoms with Crippen molar-refractivity contribution in [3.8, 4) is 78.5 Å². The molecule has 0 atom stereocenters. The first-order chi connectivity index (χ1) is 27.2. The summed E-state index contributed by atoms with van der Waals surface area (Å²) >= 11 is 0. The van der Waals surface area contributed by atoms with Crippen molar-refractivity contribution in [3.05, 3.63) is 206 Å². The Labute approximate surface area is 319 Å². The van der Waals surface area contributed by atoms with E-state index in [9.17, 15) is 0 Å². The first-order valence-electron chi connectivity index (χ1n) is 18.6. The third kappa shape index (κ3) is 6.28. The summed E-state index contributed by atoms with van der Waals surface area (Å²) in [6, 6.07) is 72.5. The van der Waals surface area contributed by atoms with E-state index in [2.05, 4.69) is 164 Å². The minimum absolute atomic E-state index is 0.627. The number of fused-ring (bicyclic) bond motifs is 2. The van der Waals surface area contributed by atoms with Gasteiger partial charge in [-0.15, -0.1) is 0 Å². The number of hydrogen-bond acceptors (Lipinski definition) is 3. The third-order valence-corrected chi connectivity index (χ3v) is 10.3. The SMILES string of the molecule is c1ccc(-c2cc(-c3ccccc3)nc(-c3cccc(-c4ccc5ccccc5c4-c4cccc(-c5ccc6nc(-c7ccccc7)oc6c5)c4)c3)c2)cc1. The smallest absolute Gasteiger partial charge is 0.227 e. The molecule has 0 bridgehead atoms. The van der Waals surface area contributed by atoms with Gasteiger partial charge in [0.05, 0.1) is 11.4 Å². The highest BCUT2D eigenvalue weighted by atomic mass is 16.3. The highest BCUT2D eigenvalue weighted by molar-refractivity contribution is 6.05. The molecule has 0 saturated carbocycles. The lowest BCUT2D eigenvalue weighted by atomic mass is 9.88. The van der Waals surface area contributed by atoms with E-state index < -0.39 is 0 Å². The maximum atomic E-state index is 6.26. The Morgan fingerprint density at radius 2 is 0.909 bits per heavy atom. The maximum Gasteiger partial charge on any atom is 0.227 e. The lowest BCUT2D eigenvalue weighted by Crippen LogP contribution is -1.93. The molecule has 0 aliphatic heterocycles. The number of rotatable bonds is 7. The topological polar surface area (TPSA) is 38.9 Å². The highest BCUT2D eigenvalue weighted by Crippen LogP contribution is 2.41. The van der Waals surface area contributed by atoms with Gasteiger partial charge in [-0.1, -0.05) is 158 Å². The van der Waals surface area contributed by atoms with Crippen LogP contribution >= 0.6 is 0 Å². The van der Waals surface area contributed by atoms with Crippen LogP contribution in [0.1, 0.15) is 0 Å². The summed E-state index contributed by atoms with van der Waals surface area (Å²) in [6.07, 6.45) is 0. The number of oxazole rings is 1. The number of benzene rings is 8. The van der Waals surface area contributed by atoms with Crippen LogP contribution in [0.15, 0.2) is 211 Å². The molecule has 2 aromatic heterocycles. The third-order valence-electron chi connectivity index (χ3n) is 10.3. The molecular weight excluding hydrogens is 669 g/mol. The number of aromatic nitrogens is 2. The van der Waals surface area contributed by atoms with Gasteiger partial charge >= 0.3 is 0 Å². The predicted octanol–water partition coefficient (Wildman–Crippen LogP) is 14.0. The minimum Gasteiger partial charge on any atom is -0.436 e. The van der Waals surface area contributed by atoms with E-state index in [0.29, 0.717) is 5.89 Å². The molecule has 0 unspecified atom stereocenters. The van der Waals surface area contributed by atoms with Gasteiger partial charge in [-0.05, 0) is 104 Å². The lowest BCUT2D eigenvalue weighted by Gasteiger charge is -2.16. The van der Waals surface area contributed by atoms with Crippen molar-refractivity contribution in [2.24, 2.45) is 0 Å². The molecule has 10 aromatic rings. The summed E-state index contributed by atoms with van der Waals surface area (Å²) in [7, 11) is 0. The summed E-state index contributed by atoms with van der Waals surface area (Å²) in [5.74, 6) is 0.627. The summed E-state index contributed by atoms with van der Waals surface area (Å²) in [5.41, 5.74) is 15.7. The van der Waals surface area contributed by atoms with Crippen molar-refractivity contribution >= 4 is 21.9 Å². The van der Waals surface area contributed by atoms with Crippen molar-refractivity contribution in [1.82, 2.24) is 9.97 Å². The van der Waals surface area contributed by atoms with Crippen LogP contribution in [0.3, 0.4) is 0 Å². The van der Waals surface area contributed by atoms with E-state index in [4.69, 9.17) is 14.4 Å². The summed E-state index contributed by atoms with van der Waals surface area (Å²) in [5, 5.41) is 2.40. The molecule has 258 valence electrons. The van der Waals surface area contributed by atoms with Gasteiger partial charge in [0.15, 0.2) is 5.58 Å². The van der Waals surface area contributed by atoms with Crippen molar-refractivity contribution < 1.29 is 4.42 Å². The fraction of sp³-hybridized carbons (Fsp3) is 0. The molecule has 0 spiro atoms. The molecule has 2 heterocycles. The predicted molar refractivity (Wildman–Crippen MR) is 227 cm³/mol. The van der Waals surface area contributed by atoms with Gasteiger partial charge in [0.2, 0.25) is 5.89 Å². The Balaban J connectivity index is 1.09. The molecular formula is C52H34N2O. The van der Waals surface area contributed by atoms with Crippen LogP contribution < -0.4 is 0 Å². The van der Waals surface area contributed by atoms with Gasteiger partial charge in [-0.2, -0.15) is 0 Å².